The first-order valence-electron chi connectivity index (χ1n) is 6.78. The van der Waals surface area contributed by atoms with Crippen molar-refractivity contribution in [3.05, 3.63) is 47.8 Å². The summed E-state index contributed by atoms with van der Waals surface area (Å²) in [5, 5.41) is 1.14. The van der Waals surface area contributed by atoms with Crippen LogP contribution in [0.5, 0.6) is 0 Å². The van der Waals surface area contributed by atoms with Gasteiger partial charge in [0.25, 0.3) is 0 Å². The van der Waals surface area contributed by atoms with Crippen LogP contribution in [0, 0.1) is 6.92 Å². The van der Waals surface area contributed by atoms with Crippen molar-refractivity contribution in [2.24, 2.45) is 12.8 Å². The zero-order valence-electron chi connectivity index (χ0n) is 11.8. The summed E-state index contributed by atoms with van der Waals surface area (Å²) in [6, 6.07) is 10.1. The normalized spacial score (nSPS) is 11.2. The van der Waals surface area contributed by atoms with Crippen molar-refractivity contribution < 1.29 is 0 Å². The van der Waals surface area contributed by atoms with Crippen molar-refractivity contribution >= 4 is 11.0 Å². The highest BCUT2D eigenvalue weighted by atomic mass is 15.0. The maximum atomic E-state index is 5.68. The summed E-state index contributed by atoms with van der Waals surface area (Å²) in [6.45, 7) is 2.68. The molecule has 4 nitrogen and oxygen atoms in total. The highest BCUT2D eigenvalue weighted by molar-refractivity contribution is 5.84. The maximum Gasteiger partial charge on any atom is 0.161 e. The van der Waals surface area contributed by atoms with Gasteiger partial charge in [-0.1, -0.05) is 30.3 Å². The van der Waals surface area contributed by atoms with Crippen molar-refractivity contribution in [3.8, 4) is 11.4 Å². The molecule has 3 rings (SSSR count). The van der Waals surface area contributed by atoms with Gasteiger partial charge < -0.3 is 10.3 Å². The summed E-state index contributed by atoms with van der Waals surface area (Å²) in [5.74, 6) is 0.774. The molecule has 0 saturated heterocycles. The van der Waals surface area contributed by atoms with E-state index in [0.717, 1.165) is 34.5 Å². The van der Waals surface area contributed by atoms with E-state index < -0.39 is 0 Å². The Morgan fingerprint density at radius 1 is 1.15 bits per heavy atom. The Labute approximate surface area is 118 Å². The second-order valence-corrected chi connectivity index (χ2v) is 5.00. The lowest BCUT2D eigenvalue weighted by molar-refractivity contribution is 0.918. The van der Waals surface area contributed by atoms with Crippen LogP contribution in [-0.4, -0.2) is 21.1 Å². The molecule has 3 aromatic rings. The lowest BCUT2D eigenvalue weighted by Gasteiger charge is -2.05. The molecule has 0 aliphatic carbocycles. The quantitative estimate of drug-likeness (QED) is 0.792. The second-order valence-electron chi connectivity index (χ2n) is 5.00. The van der Waals surface area contributed by atoms with Gasteiger partial charge in [0.1, 0.15) is 5.65 Å². The largest absolute Gasteiger partial charge is 0.335 e. The third-order valence-electron chi connectivity index (χ3n) is 3.52. The summed E-state index contributed by atoms with van der Waals surface area (Å²) in [4.78, 5) is 9.38. The highest BCUT2D eigenvalue weighted by Crippen LogP contribution is 2.25. The molecule has 2 N–H and O–H groups in total. The fourth-order valence-electron chi connectivity index (χ4n) is 2.61. The van der Waals surface area contributed by atoms with Gasteiger partial charge in [-0.2, -0.15) is 0 Å². The summed E-state index contributed by atoms with van der Waals surface area (Å²) >= 11 is 0. The van der Waals surface area contributed by atoms with Crippen LogP contribution < -0.4 is 5.73 Å². The second kappa shape index (κ2) is 5.06. The van der Waals surface area contributed by atoms with Gasteiger partial charge in [-0.15, -0.1) is 0 Å². The number of nitrogens with zero attached hydrogens (tertiary/aromatic N) is 3. The Bertz CT molecular complexity index is 744. The van der Waals surface area contributed by atoms with Gasteiger partial charge >= 0.3 is 0 Å². The number of hydrogen-bond donors (Lipinski definition) is 1. The summed E-state index contributed by atoms with van der Waals surface area (Å²) in [7, 11) is 2.02. The highest BCUT2D eigenvalue weighted by Gasteiger charge is 2.13. The zero-order valence-corrected chi connectivity index (χ0v) is 11.8. The zero-order chi connectivity index (χ0) is 14.1. The molecule has 0 unspecified atom stereocenters. The Balaban J connectivity index is 2.22. The number of aryl methyl sites for hydroxylation is 2. The summed E-state index contributed by atoms with van der Waals surface area (Å²) in [5.41, 5.74) is 9.93. The minimum atomic E-state index is 0.638. The fraction of sp³-hybridized carbons (Fsp3) is 0.250. The van der Waals surface area contributed by atoms with Crippen LogP contribution in [-0.2, 0) is 13.5 Å². The van der Waals surface area contributed by atoms with E-state index in [1.807, 2.05) is 44.3 Å². The average molecular weight is 266 g/mol. The van der Waals surface area contributed by atoms with Crippen LogP contribution in [0.15, 0.2) is 36.5 Å². The van der Waals surface area contributed by atoms with E-state index in [2.05, 4.69) is 15.7 Å². The van der Waals surface area contributed by atoms with E-state index in [1.165, 1.54) is 5.56 Å². The molecule has 0 bridgehead atoms. The number of nitrogens with two attached hydrogens (primary N) is 1. The summed E-state index contributed by atoms with van der Waals surface area (Å²) < 4.78 is 2.06. The van der Waals surface area contributed by atoms with Crippen LogP contribution in [0.4, 0.5) is 0 Å². The van der Waals surface area contributed by atoms with E-state index >= 15 is 0 Å². The van der Waals surface area contributed by atoms with Gasteiger partial charge in [-0.3, -0.25) is 0 Å². The van der Waals surface area contributed by atoms with Gasteiger partial charge in [0.2, 0.25) is 0 Å². The van der Waals surface area contributed by atoms with Gasteiger partial charge in [-0.05, 0) is 25.5 Å². The van der Waals surface area contributed by atoms with E-state index in [1.54, 1.807) is 0 Å². The number of aromatic nitrogens is 3. The molecular formula is C16H18N4. The number of hydrogen-bond acceptors (Lipinski definition) is 3. The molecule has 0 atom stereocenters. The fourth-order valence-corrected chi connectivity index (χ4v) is 2.61. The van der Waals surface area contributed by atoms with Crippen LogP contribution in [0.25, 0.3) is 22.4 Å². The monoisotopic (exact) mass is 266 g/mol. The number of fused-ring (bicyclic) bond motifs is 1. The van der Waals surface area contributed by atoms with Gasteiger partial charge in [-0.25, -0.2) is 9.97 Å². The molecule has 0 radical (unpaired) electrons. The molecule has 2 heterocycles. The van der Waals surface area contributed by atoms with E-state index in [-0.39, 0.29) is 0 Å². The molecular weight excluding hydrogens is 248 g/mol. The lowest BCUT2D eigenvalue weighted by Crippen LogP contribution is -2.02. The minimum absolute atomic E-state index is 0.638. The van der Waals surface area contributed by atoms with Gasteiger partial charge in [0.05, 0.1) is 5.69 Å². The van der Waals surface area contributed by atoms with Crippen LogP contribution in [0.3, 0.4) is 0 Å². The Morgan fingerprint density at radius 2 is 1.90 bits per heavy atom. The van der Waals surface area contributed by atoms with Crippen LogP contribution in [0.2, 0.25) is 0 Å². The predicted octanol–water partition coefficient (Wildman–Crippen LogP) is 2.44. The van der Waals surface area contributed by atoms with E-state index in [4.69, 9.17) is 10.7 Å². The predicted molar refractivity (Wildman–Crippen MR) is 81.4 cm³/mol. The molecule has 0 amide bonds. The lowest BCUT2D eigenvalue weighted by atomic mass is 10.1. The van der Waals surface area contributed by atoms with E-state index in [0.29, 0.717) is 6.54 Å². The molecule has 20 heavy (non-hydrogen) atoms. The first-order chi connectivity index (χ1) is 9.70. The smallest absolute Gasteiger partial charge is 0.161 e. The Hall–Kier alpha value is -2.20. The molecule has 0 spiro atoms. The standard InChI is InChI=1S/C16H18N4/c1-11-14-13(8-9-17)10-20(2)16(14)19-15(18-11)12-6-4-3-5-7-12/h3-7,10H,8-9,17H2,1-2H3. The molecule has 0 aliphatic rings. The topological polar surface area (TPSA) is 56.7 Å². The van der Waals surface area contributed by atoms with Crippen molar-refractivity contribution in [1.82, 2.24) is 14.5 Å². The van der Waals surface area contributed by atoms with Crippen LogP contribution >= 0.6 is 0 Å². The van der Waals surface area contributed by atoms with Crippen molar-refractivity contribution in [3.63, 3.8) is 0 Å². The SMILES string of the molecule is Cc1nc(-c2ccccc2)nc2c1c(CCN)cn2C. The number of rotatable bonds is 3. The molecule has 0 aliphatic heterocycles. The minimum Gasteiger partial charge on any atom is -0.335 e. The Kier molecular flexibility index (Phi) is 3.24. The third-order valence-corrected chi connectivity index (χ3v) is 3.52. The van der Waals surface area contributed by atoms with Gasteiger partial charge in [0.15, 0.2) is 5.82 Å². The molecule has 4 heteroatoms. The van der Waals surface area contributed by atoms with Gasteiger partial charge in [0, 0.05) is 24.2 Å². The van der Waals surface area contributed by atoms with E-state index in [9.17, 15) is 0 Å². The van der Waals surface area contributed by atoms with Crippen molar-refractivity contribution in [2.45, 2.75) is 13.3 Å². The summed E-state index contributed by atoms with van der Waals surface area (Å²) in [6.07, 6.45) is 2.96. The third kappa shape index (κ3) is 2.08. The molecule has 0 fully saturated rings. The van der Waals surface area contributed by atoms with Crippen LogP contribution in [0.1, 0.15) is 11.3 Å². The van der Waals surface area contributed by atoms with Crippen molar-refractivity contribution in [2.75, 3.05) is 6.54 Å². The maximum absolute atomic E-state index is 5.68. The molecule has 0 saturated carbocycles. The molecule has 1 aromatic carbocycles. The molecule has 2 aromatic heterocycles. The molecule has 102 valence electrons. The Morgan fingerprint density at radius 3 is 2.60 bits per heavy atom. The first kappa shape index (κ1) is 12.8. The first-order valence-corrected chi connectivity index (χ1v) is 6.78. The number of benzene rings is 1. The van der Waals surface area contributed by atoms with Crippen molar-refractivity contribution in [1.29, 1.82) is 0 Å². The average Bonchev–Trinajstić information content (AvgIpc) is 2.77.